The van der Waals surface area contributed by atoms with E-state index in [2.05, 4.69) is 15.4 Å². The van der Waals surface area contributed by atoms with E-state index in [1.165, 1.54) is 24.9 Å². The van der Waals surface area contributed by atoms with E-state index in [-0.39, 0.29) is 5.02 Å². The van der Waals surface area contributed by atoms with Crippen molar-refractivity contribution in [1.82, 2.24) is 14.6 Å². The summed E-state index contributed by atoms with van der Waals surface area (Å²) in [5.74, 6) is 0.134. The van der Waals surface area contributed by atoms with Gasteiger partial charge in [0, 0.05) is 18.3 Å². The quantitative estimate of drug-likeness (QED) is 0.705. The predicted molar refractivity (Wildman–Crippen MR) is 99.4 cm³/mol. The molecule has 0 bridgehead atoms. The second-order valence-electron chi connectivity index (χ2n) is 6.96. The summed E-state index contributed by atoms with van der Waals surface area (Å²) in [6.07, 6.45) is 8.80. The Hall–Kier alpha value is -2.18. The summed E-state index contributed by atoms with van der Waals surface area (Å²) in [6, 6.07) is 6.41. The molecule has 1 fully saturated rings. The summed E-state index contributed by atoms with van der Waals surface area (Å²) in [5, 5.41) is 18.4. The molecule has 136 valence electrons. The molecule has 1 aliphatic rings. The molecule has 0 radical (unpaired) electrons. The lowest BCUT2D eigenvalue weighted by Gasteiger charge is -2.32. The molecular weight excluding hydrogens is 355 g/mol. The standard InChI is InChI=1S/C19H20ClFN4O/c20-15-10-14(4-5-16(15)21)24-18-17-13(6-9-25(17)23-12-22-18)11-19(26)7-2-1-3-8-19/h4-6,9-10,12,26H,1-3,7-8,11H2,(H,22,23,24). The van der Waals surface area contributed by atoms with Gasteiger partial charge < -0.3 is 10.4 Å². The van der Waals surface area contributed by atoms with Crippen LogP contribution in [0.15, 0.2) is 36.8 Å². The van der Waals surface area contributed by atoms with Gasteiger partial charge in [-0.15, -0.1) is 0 Å². The highest BCUT2D eigenvalue weighted by molar-refractivity contribution is 6.31. The number of aromatic nitrogens is 3. The third kappa shape index (κ3) is 3.39. The van der Waals surface area contributed by atoms with Crippen molar-refractivity contribution < 1.29 is 9.50 Å². The minimum atomic E-state index is -0.674. The van der Waals surface area contributed by atoms with Crippen molar-refractivity contribution in [2.24, 2.45) is 0 Å². The van der Waals surface area contributed by atoms with E-state index in [4.69, 9.17) is 11.6 Å². The molecule has 4 rings (SSSR count). The zero-order valence-corrected chi connectivity index (χ0v) is 15.0. The van der Waals surface area contributed by atoms with Crippen LogP contribution in [0.5, 0.6) is 0 Å². The Bertz CT molecular complexity index is 936. The molecule has 1 saturated carbocycles. The molecule has 5 nitrogen and oxygen atoms in total. The first-order valence-electron chi connectivity index (χ1n) is 8.80. The number of aliphatic hydroxyl groups is 1. The minimum Gasteiger partial charge on any atom is -0.390 e. The maximum atomic E-state index is 13.4. The number of nitrogens with one attached hydrogen (secondary N) is 1. The lowest BCUT2D eigenvalue weighted by Crippen LogP contribution is -2.33. The molecule has 0 amide bonds. The third-order valence-corrected chi connectivity index (χ3v) is 5.31. The fraction of sp³-hybridized carbons (Fsp3) is 0.368. The Kier molecular flexibility index (Phi) is 4.54. The predicted octanol–water partition coefficient (Wildman–Crippen LogP) is 4.50. The summed E-state index contributed by atoms with van der Waals surface area (Å²) < 4.78 is 15.1. The maximum Gasteiger partial charge on any atom is 0.158 e. The van der Waals surface area contributed by atoms with Crippen molar-refractivity contribution >= 4 is 28.6 Å². The molecule has 0 spiro atoms. The number of nitrogens with zero attached hydrogens (tertiary/aromatic N) is 3. The van der Waals surface area contributed by atoms with Gasteiger partial charge in [0.1, 0.15) is 17.7 Å². The highest BCUT2D eigenvalue weighted by atomic mass is 35.5. The number of hydrogen-bond donors (Lipinski definition) is 2. The van der Waals surface area contributed by atoms with Crippen LogP contribution in [-0.2, 0) is 6.42 Å². The number of halogens is 2. The summed E-state index contributed by atoms with van der Waals surface area (Å²) in [5.41, 5.74) is 1.77. The van der Waals surface area contributed by atoms with Crippen LogP contribution < -0.4 is 5.32 Å². The number of rotatable bonds is 4. The first-order valence-corrected chi connectivity index (χ1v) is 9.18. The zero-order valence-electron chi connectivity index (χ0n) is 14.3. The molecular formula is C19H20ClFN4O. The molecule has 2 heterocycles. The van der Waals surface area contributed by atoms with Crippen molar-refractivity contribution in [3.63, 3.8) is 0 Å². The van der Waals surface area contributed by atoms with Crippen molar-refractivity contribution in [1.29, 1.82) is 0 Å². The van der Waals surface area contributed by atoms with E-state index in [1.54, 1.807) is 10.6 Å². The molecule has 1 aromatic carbocycles. The van der Waals surface area contributed by atoms with E-state index in [9.17, 15) is 9.50 Å². The van der Waals surface area contributed by atoms with Crippen LogP contribution in [0.2, 0.25) is 5.02 Å². The Morgan fingerprint density at radius 2 is 2.04 bits per heavy atom. The Balaban J connectivity index is 1.68. The SMILES string of the molecule is OC1(Cc2ccn3ncnc(Nc4ccc(F)c(Cl)c4)c23)CCCCC1. The summed E-state index contributed by atoms with van der Waals surface area (Å²) >= 11 is 5.87. The normalized spacial score (nSPS) is 16.7. The Labute approximate surface area is 155 Å². The highest BCUT2D eigenvalue weighted by Crippen LogP contribution is 2.34. The molecule has 2 N–H and O–H groups in total. The molecule has 7 heteroatoms. The molecule has 0 saturated heterocycles. The van der Waals surface area contributed by atoms with Gasteiger partial charge >= 0.3 is 0 Å². The Morgan fingerprint density at radius 1 is 1.23 bits per heavy atom. The molecule has 0 aliphatic heterocycles. The van der Waals surface area contributed by atoms with Crippen molar-refractivity contribution in [3.05, 3.63) is 53.2 Å². The maximum absolute atomic E-state index is 13.4. The average molecular weight is 375 g/mol. The fourth-order valence-electron chi connectivity index (χ4n) is 3.70. The smallest absolute Gasteiger partial charge is 0.158 e. The summed E-state index contributed by atoms with van der Waals surface area (Å²) in [7, 11) is 0. The second-order valence-corrected chi connectivity index (χ2v) is 7.37. The molecule has 0 atom stereocenters. The lowest BCUT2D eigenvalue weighted by atomic mass is 9.81. The largest absolute Gasteiger partial charge is 0.390 e. The number of benzene rings is 1. The van der Waals surface area contributed by atoms with Crippen LogP contribution in [0, 0.1) is 5.82 Å². The van der Waals surface area contributed by atoms with E-state index < -0.39 is 11.4 Å². The first kappa shape index (κ1) is 17.2. The number of anilines is 2. The summed E-state index contributed by atoms with van der Waals surface area (Å²) in [6.45, 7) is 0. The minimum absolute atomic E-state index is 0.0483. The van der Waals surface area contributed by atoms with Gasteiger partial charge in [-0.05, 0) is 42.7 Å². The van der Waals surface area contributed by atoms with Crippen LogP contribution in [0.4, 0.5) is 15.9 Å². The zero-order chi connectivity index (χ0) is 18.1. The van der Waals surface area contributed by atoms with Gasteiger partial charge in [-0.1, -0.05) is 30.9 Å². The number of hydrogen-bond acceptors (Lipinski definition) is 4. The van der Waals surface area contributed by atoms with Crippen molar-refractivity contribution in [2.45, 2.75) is 44.1 Å². The van der Waals surface area contributed by atoms with E-state index >= 15 is 0 Å². The summed E-state index contributed by atoms with van der Waals surface area (Å²) in [4.78, 5) is 4.34. The second kappa shape index (κ2) is 6.85. The molecule has 1 aliphatic carbocycles. The fourth-order valence-corrected chi connectivity index (χ4v) is 3.88. The van der Waals surface area contributed by atoms with Crippen LogP contribution in [-0.4, -0.2) is 25.3 Å². The van der Waals surface area contributed by atoms with Gasteiger partial charge in [0.2, 0.25) is 0 Å². The van der Waals surface area contributed by atoms with Crippen LogP contribution in [0.25, 0.3) is 5.52 Å². The topological polar surface area (TPSA) is 62.5 Å². The highest BCUT2D eigenvalue weighted by Gasteiger charge is 2.30. The van der Waals surface area contributed by atoms with Gasteiger partial charge in [0.05, 0.1) is 10.6 Å². The molecule has 3 aromatic rings. The first-order chi connectivity index (χ1) is 12.5. The molecule has 2 aromatic heterocycles. The number of fused-ring (bicyclic) bond motifs is 1. The van der Waals surface area contributed by atoms with Crippen molar-refractivity contribution in [2.75, 3.05) is 5.32 Å². The molecule has 26 heavy (non-hydrogen) atoms. The van der Waals surface area contributed by atoms with Crippen LogP contribution in [0.1, 0.15) is 37.7 Å². The van der Waals surface area contributed by atoms with Gasteiger partial charge in [0.25, 0.3) is 0 Å². The van der Waals surface area contributed by atoms with Gasteiger partial charge in [0.15, 0.2) is 5.82 Å². The van der Waals surface area contributed by atoms with Gasteiger partial charge in [-0.2, -0.15) is 5.10 Å². The Morgan fingerprint density at radius 3 is 2.81 bits per heavy atom. The lowest BCUT2D eigenvalue weighted by molar-refractivity contribution is 0.00478. The van der Waals surface area contributed by atoms with Gasteiger partial charge in [-0.25, -0.2) is 13.9 Å². The van der Waals surface area contributed by atoms with Crippen molar-refractivity contribution in [3.8, 4) is 0 Å². The monoisotopic (exact) mass is 374 g/mol. The van der Waals surface area contributed by atoms with Crippen LogP contribution >= 0.6 is 11.6 Å². The van der Waals surface area contributed by atoms with E-state index in [1.807, 2.05) is 12.3 Å². The van der Waals surface area contributed by atoms with E-state index in [0.29, 0.717) is 17.9 Å². The van der Waals surface area contributed by atoms with Crippen LogP contribution in [0.3, 0.4) is 0 Å². The van der Waals surface area contributed by atoms with E-state index in [0.717, 1.165) is 36.8 Å². The van der Waals surface area contributed by atoms with Gasteiger partial charge in [-0.3, -0.25) is 0 Å². The third-order valence-electron chi connectivity index (χ3n) is 5.02. The average Bonchev–Trinajstić information content (AvgIpc) is 3.02. The molecule has 0 unspecified atom stereocenters.